The predicted octanol–water partition coefficient (Wildman–Crippen LogP) is 3.60. The maximum atomic E-state index is 9.50. The van der Waals surface area contributed by atoms with Crippen LogP contribution in [0.5, 0.6) is 5.75 Å². The Bertz CT molecular complexity index is 716. The fourth-order valence-corrected chi connectivity index (χ4v) is 2.45. The standard InChI is InChI=1S/C18H19NO2/c1-14(20)12-19-10-9-16-11-17(7-8-18(16)19)21-13-15-5-3-2-4-6-15/h2-11,14,20H,12-13H2,1H3/t14-/m0/s1. The first kappa shape index (κ1) is 13.7. The highest BCUT2D eigenvalue weighted by molar-refractivity contribution is 5.81. The van der Waals surface area contributed by atoms with E-state index < -0.39 is 0 Å². The average molecular weight is 281 g/mol. The zero-order valence-electron chi connectivity index (χ0n) is 12.1. The summed E-state index contributed by atoms with van der Waals surface area (Å²) in [6.45, 7) is 2.97. The largest absolute Gasteiger partial charge is 0.489 e. The van der Waals surface area contributed by atoms with Gasteiger partial charge in [-0.25, -0.2) is 0 Å². The molecule has 2 aromatic carbocycles. The minimum absolute atomic E-state index is 0.352. The molecule has 3 aromatic rings. The normalized spacial score (nSPS) is 12.5. The molecule has 0 aliphatic rings. The number of aliphatic hydroxyl groups is 1. The predicted molar refractivity (Wildman–Crippen MR) is 84.4 cm³/mol. The highest BCUT2D eigenvalue weighted by atomic mass is 16.5. The molecule has 3 nitrogen and oxygen atoms in total. The number of aromatic nitrogens is 1. The van der Waals surface area contributed by atoms with E-state index in [1.807, 2.05) is 48.7 Å². The topological polar surface area (TPSA) is 34.4 Å². The summed E-state index contributed by atoms with van der Waals surface area (Å²) in [7, 11) is 0. The molecule has 0 unspecified atom stereocenters. The van der Waals surface area contributed by atoms with Crippen molar-refractivity contribution in [1.29, 1.82) is 0 Å². The molecule has 0 bridgehead atoms. The van der Waals surface area contributed by atoms with Crippen LogP contribution in [0.2, 0.25) is 0 Å². The van der Waals surface area contributed by atoms with Crippen LogP contribution < -0.4 is 4.74 Å². The maximum absolute atomic E-state index is 9.50. The molecule has 108 valence electrons. The van der Waals surface area contributed by atoms with Crippen LogP contribution in [0.1, 0.15) is 12.5 Å². The Morgan fingerprint density at radius 1 is 1.10 bits per heavy atom. The second-order valence-corrected chi connectivity index (χ2v) is 5.31. The van der Waals surface area contributed by atoms with Crippen LogP contribution in [0.3, 0.4) is 0 Å². The monoisotopic (exact) mass is 281 g/mol. The molecular formula is C18H19NO2. The molecule has 3 heteroatoms. The molecule has 0 saturated carbocycles. The summed E-state index contributed by atoms with van der Waals surface area (Å²) < 4.78 is 7.89. The Hall–Kier alpha value is -2.26. The van der Waals surface area contributed by atoms with Crippen LogP contribution in [0.25, 0.3) is 10.9 Å². The highest BCUT2D eigenvalue weighted by Crippen LogP contribution is 2.23. The van der Waals surface area contributed by atoms with Crippen molar-refractivity contribution in [3.63, 3.8) is 0 Å². The van der Waals surface area contributed by atoms with E-state index in [1.54, 1.807) is 6.92 Å². The van der Waals surface area contributed by atoms with Gasteiger partial charge < -0.3 is 14.4 Å². The van der Waals surface area contributed by atoms with Crippen molar-refractivity contribution < 1.29 is 9.84 Å². The molecule has 0 aliphatic carbocycles. The molecule has 1 heterocycles. The molecule has 0 radical (unpaired) electrons. The quantitative estimate of drug-likeness (QED) is 0.775. The summed E-state index contributed by atoms with van der Waals surface area (Å²) in [5.74, 6) is 0.862. The van der Waals surface area contributed by atoms with Crippen LogP contribution in [0.4, 0.5) is 0 Å². The van der Waals surface area contributed by atoms with E-state index in [1.165, 1.54) is 0 Å². The summed E-state index contributed by atoms with van der Waals surface area (Å²) in [5, 5.41) is 10.6. The van der Waals surface area contributed by atoms with Gasteiger partial charge in [-0.2, -0.15) is 0 Å². The molecule has 3 rings (SSSR count). The molecule has 0 aliphatic heterocycles. The van der Waals surface area contributed by atoms with Crippen molar-refractivity contribution in [3.05, 3.63) is 66.4 Å². The van der Waals surface area contributed by atoms with Gasteiger partial charge in [0.05, 0.1) is 6.10 Å². The van der Waals surface area contributed by atoms with Gasteiger partial charge in [-0.15, -0.1) is 0 Å². The van der Waals surface area contributed by atoms with Gasteiger partial charge in [0.25, 0.3) is 0 Å². The molecule has 1 atom stereocenters. The van der Waals surface area contributed by atoms with Crippen LogP contribution in [-0.4, -0.2) is 15.8 Å². The van der Waals surface area contributed by atoms with Crippen LogP contribution in [0.15, 0.2) is 60.8 Å². The van der Waals surface area contributed by atoms with Gasteiger partial charge in [-0.3, -0.25) is 0 Å². The zero-order chi connectivity index (χ0) is 14.7. The summed E-state index contributed by atoms with van der Waals surface area (Å²) in [6, 6.07) is 18.2. The van der Waals surface area contributed by atoms with Crippen LogP contribution >= 0.6 is 0 Å². The van der Waals surface area contributed by atoms with Crippen LogP contribution in [0, 0.1) is 0 Å². The molecule has 1 aromatic heterocycles. The average Bonchev–Trinajstić information content (AvgIpc) is 2.88. The van der Waals surface area contributed by atoms with E-state index in [0.29, 0.717) is 13.2 Å². The van der Waals surface area contributed by atoms with Crippen molar-refractivity contribution in [2.75, 3.05) is 0 Å². The summed E-state index contributed by atoms with van der Waals surface area (Å²) in [5.41, 5.74) is 2.27. The Balaban J connectivity index is 1.75. The fourth-order valence-electron chi connectivity index (χ4n) is 2.45. The summed E-state index contributed by atoms with van der Waals surface area (Å²) in [6.07, 6.45) is 1.65. The maximum Gasteiger partial charge on any atom is 0.120 e. The Morgan fingerprint density at radius 3 is 2.67 bits per heavy atom. The number of benzene rings is 2. The second kappa shape index (κ2) is 6.02. The van der Waals surface area contributed by atoms with Crippen molar-refractivity contribution in [1.82, 2.24) is 4.57 Å². The van der Waals surface area contributed by atoms with E-state index in [9.17, 15) is 5.11 Å². The van der Waals surface area contributed by atoms with Gasteiger partial charge in [-0.1, -0.05) is 30.3 Å². The van der Waals surface area contributed by atoms with E-state index in [-0.39, 0.29) is 6.10 Å². The van der Waals surface area contributed by atoms with Gasteiger partial charge in [0, 0.05) is 23.6 Å². The lowest BCUT2D eigenvalue weighted by molar-refractivity contribution is 0.175. The lowest BCUT2D eigenvalue weighted by atomic mass is 10.2. The van der Waals surface area contributed by atoms with E-state index in [2.05, 4.69) is 16.7 Å². The van der Waals surface area contributed by atoms with Gasteiger partial charge in [0.15, 0.2) is 0 Å². The smallest absolute Gasteiger partial charge is 0.120 e. The van der Waals surface area contributed by atoms with Crippen LogP contribution in [-0.2, 0) is 13.2 Å². The molecule has 1 N–H and O–H groups in total. The number of hydrogen-bond acceptors (Lipinski definition) is 2. The van der Waals surface area contributed by atoms with E-state index >= 15 is 0 Å². The Kier molecular flexibility index (Phi) is 3.93. The van der Waals surface area contributed by atoms with Gasteiger partial charge in [-0.05, 0) is 36.8 Å². The molecule has 0 fully saturated rings. The molecular weight excluding hydrogens is 262 g/mol. The lowest BCUT2D eigenvalue weighted by Crippen LogP contribution is -2.10. The van der Waals surface area contributed by atoms with E-state index in [0.717, 1.165) is 22.2 Å². The van der Waals surface area contributed by atoms with Crippen molar-refractivity contribution >= 4 is 10.9 Å². The third kappa shape index (κ3) is 3.26. The molecule has 21 heavy (non-hydrogen) atoms. The van der Waals surface area contributed by atoms with Gasteiger partial charge >= 0.3 is 0 Å². The second-order valence-electron chi connectivity index (χ2n) is 5.31. The minimum atomic E-state index is -0.352. The first-order valence-electron chi connectivity index (χ1n) is 7.16. The summed E-state index contributed by atoms with van der Waals surface area (Å²) in [4.78, 5) is 0. The van der Waals surface area contributed by atoms with Crippen molar-refractivity contribution in [2.45, 2.75) is 26.2 Å². The third-order valence-corrected chi connectivity index (χ3v) is 3.45. The van der Waals surface area contributed by atoms with E-state index in [4.69, 9.17) is 4.74 Å². The molecule has 0 spiro atoms. The number of hydrogen-bond donors (Lipinski definition) is 1. The number of ether oxygens (including phenoxy) is 1. The summed E-state index contributed by atoms with van der Waals surface area (Å²) >= 11 is 0. The first-order chi connectivity index (χ1) is 10.2. The SMILES string of the molecule is C[C@H](O)Cn1ccc2cc(OCc3ccccc3)ccc21. The molecule has 0 saturated heterocycles. The minimum Gasteiger partial charge on any atom is -0.489 e. The van der Waals surface area contributed by atoms with Crippen molar-refractivity contribution in [2.24, 2.45) is 0 Å². The lowest BCUT2D eigenvalue weighted by Gasteiger charge is -2.09. The van der Waals surface area contributed by atoms with Gasteiger partial charge in [0.1, 0.15) is 12.4 Å². The Morgan fingerprint density at radius 2 is 1.90 bits per heavy atom. The number of aliphatic hydroxyl groups excluding tert-OH is 1. The highest BCUT2D eigenvalue weighted by Gasteiger charge is 2.05. The third-order valence-electron chi connectivity index (χ3n) is 3.45. The first-order valence-corrected chi connectivity index (χ1v) is 7.16. The number of nitrogens with zero attached hydrogens (tertiary/aromatic N) is 1. The molecule has 0 amide bonds. The van der Waals surface area contributed by atoms with Crippen molar-refractivity contribution in [3.8, 4) is 5.75 Å². The van der Waals surface area contributed by atoms with Gasteiger partial charge in [0.2, 0.25) is 0 Å². The Labute approximate surface area is 124 Å². The number of rotatable bonds is 5. The number of fused-ring (bicyclic) bond motifs is 1. The fraction of sp³-hybridized carbons (Fsp3) is 0.222. The zero-order valence-corrected chi connectivity index (χ0v) is 12.1.